The Labute approximate surface area is 106 Å². The van der Waals surface area contributed by atoms with Crippen LogP contribution in [0.15, 0.2) is 21.7 Å². The highest BCUT2D eigenvalue weighted by Gasteiger charge is 2.21. The monoisotopic (exact) mass is 301 g/mol. The van der Waals surface area contributed by atoms with Gasteiger partial charge < -0.3 is 9.47 Å². The molecular weight excluding hydrogens is 290 g/mol. The van der Waals surface area contributed by atoms with Gasteiger partial charge in [0.05, 0.1) is 10.5 Å². The Balaban J connectivity index is 3.53. The van der Waals surface area contributed by atoms with Crippen LogP contribution in [0.5, 0.6) is 0 Å². The number of hydrogen-bond acceptors (Lipinski definition) is 4. The van der Waals surface area contributed by atoms with Gasteiger partial charge in [-0.1, -0.05) is 0 Å². The van der Waals surface area contributed by atoms with Crippen LogP contribution in [-0.2, 0) is 7.05 Å². The predicted molar refractivity (Wildman–Crippen MR) is 68.8 cm³/mol. The molecule has 0 aliphatic carbocycles. The molecule has 7 heteroatoms. The smallest absolute Gasteiger partial charge is 0.342 e. The van der Waals surface area contributed by atoms with Crippen LogP contribution in [0.3, 0.4) is 0 Å². The van der Waals surface area contributed by atoms with Crippen LogP contribution in [0.2, 0.25) is 0 Å². The Hall–Kier alpha value is -1.63. The van der Waals surface area contributed by atoms with Crippen LogP contribution in [0.1, 0.15) is 5.56 Å². The summed E-state index contributed by atoms with van der Waals surface area (Å²) in [5, 5.41) is 10.9. The SMILES string of the molecule is CN(C)/C=C/c1c(Br)cn(C)c(=O)c1[N+](=O)[O-]. The maximum Gasteiger partial charge on any atom is 0.342 e. The highest BCUT2D eigenvalue weighted by Crippen LogP contribution is 2.24. The van der Waals surface area contributed by atoms with Crippen molar-refractivity contribution >= 4 is 27.7 Å². The number of halogens is 1. The van der Waals surface area contributed by atoms with Gasteiger partial charge in [0.2, 0.25) is 0 Å². The van der Waals surface area contributed by atoms with E-state index >= 15 is 0 Å². The lowest BCUT2D eigenvalue weighted by molar-refractivity contribution is -0.386. The highest BCUT2D eigenvalue weighted by atomic mass is 79.9. The number of aryl methyl sites for hydroxylation is 1. The molecule has 0 aromatic carbocycles. The summed E-state index contributed by atoms with van der Waals surface area (Å²) >= 11 is 3.22. The maximum atomic E-state index is 11.7. The second-order valence-electron chi connectivity index (χ2n) is 3.69. The summed E-state index contributed by atoms with van der Waals surface area (Å²) in [4.78, 5) is 23.7. The Kier molecular flexibility index (Phi) is 4.06. The molecule has 0 radical (unpaired) electrons. The zero-order valence-corrected chi connectivity index (χ0v) is 11.3. The Morgan fingerprint density at radius 1 is 1.53 bits per heavy atom. The van der Waals surface area contributed by atoms with Crippen LogP contribution in [0, 0.1) is 10.1 Å². The summed E-state index contributed by atoms with van der Waals surface area (Å²) in [6.45, 7) is 0. The molecule has 1 rings (SSSR count). The molecule has 6 nitrogen and oxygen atoms in total. The van der Waals surface area contributed by atoms with E-state index in [2.05, 4.69) is 15.9 Å². The van der Waals surface area contributed by atoms with E-state index in [1.807, 2.05) is 0 Å². The van der Waals surface area contributed by atoms with Crippen molar-refractivity contribution < 1.29 is 4.92 Å². The quantitative estimate of drug-likeness (QED) is 0.628. The minimum absolute atomic E-state index is 0.270. The topological polar surface area (TPSA) is 68.4 Å². The van der Waals surface area contributed by atoms with Crippen LogP contribution in [0.25, 0.3) is 6.08 Å². The maximum absolute atomic E-state index is 11.7. The third kappa shape index (κ3) is 2.94. The largest absolute Gasteiger partial charge is 0.383 e. The third-order valence-corrected chi connectivity index (χ3v) is 2.70. The normalized spacial score (nSPS) is 10.8. The Bertz CT molecular complexity index is 534. The van der Waals surface area contributed by atoms with E-state index in [-0.39, 0.29) is 5.56 Å². The summed E-state index contributed by atoms with van der Waals surface area (Å²) in [5.74, 6) is 0. The molecular formula is C10H12BrN3O3. The van der Waals surface area contributed by atoms with E-state index in [1.165, 1.54) is 23.9 Å². The molecule has 0 bridgehead atoms. The van der Waals surface area contributed by atoms with Crippen LogP contribution >= 0.6 is 15.9 Å². The summed E-state index contributed by atoms with van der Waals surface area (Å²) in [6.07, 6.45) is 4.68. The number of pyridine rings is 1. The molecule has 92 valence electrons. The zero-order chi connectivity index (χ0) is 13.2. The lowest BCUT2D eigenvalue weighted by Gasteiger charge is -2.06. The molecule has 1 aromatic rings. The van der Waals surface area contributed by atoms with Crippen molar-refractivity contribution in [1.82, 2.24) is 9.47 Å². The van der Waals surface area contributed by atoms with Gasteiger partial charge in [-0.3, -0.25) is 14.9 Å². The molecule has 0 saturated heterocycles. The van der Waals surface area contributed by atoms with Gasteiger partial charge >= 0.3 is 11.2 Å². The van der Waals surface area contributed by atoms with Crippen molar-refractivity contribution in [3.63, 3.8) is 0 Å². The molecule has 0 atom stereocenters. The highest BCUT2D eigenvalue weighted by molar-refractivity contribution is 9.10. The van der Waals surface area contributed by atoms with Gasteiger partial charge in [-0.25, -0.2) is 0 Å². The number of nitro groups is 1. The molecule has 17 heavy (non-hydrogen) atoms. The van der Waals surface area contributed by atoms with Gasteiger partial charge in [0.15, 0.2) is 0 Å². The molecule has 0 fully saturated rings. The molecule has 0 aliphatic heterocycles. The number of hydrogen-bond donors (Lipinski definition) is 0. The van der Waals surface area contributed by atoms with Crippen molar-refractivity contribution in [3.05, 3.63) is 42.9 Å². The molecule has 0 N–H and O–H groups in total. The number of aromatic nitrogens is 1. The fourth-order valence-electron chi connectivity index (χ4n) is 1.25. The van der Waals surface area contributed by atoms with Crippen molar-refractivity contribution in [1.29, 1.82) is 0 Å². The molecule has 1 aromatic heterocycles. The van der Waals surface area contributed by atoms with Gasteiger partial charge in [-0.2, -0.15) is 0 Å². The van der Waals surface area contributed by atoms with E-state index in [1.54, 1.807) is 25.2 Å². The summed E-state index contributed by atoms with van der Waals surface area (Å²) in [7, 11) is 5.05. The van der Waals surface area contributed by atoms with Gasteiger partial charge in [-0.15, -0.1) is 0 Å². The summed E-state index contributed by atoms with van der Waals surface area (Å²) in [6, 6.07) is 0. The van der Waals surface area contributed by atoms with Crippen molar-refractivity contribution in [2.24, 2.45) is 7.05 Å². The first kappa shape index (κ1) is 13.4. The number of nitrogens with zero attached hydrogens (tertiary/aromatic N) is 3. The lowest BCUT2D eigenvalue weighted by atomic mass is 10.2. The molecule has 0 amide bonds. The first-order valence-corrected chi connectivity index (χ1v) is 5.52. The molecule has 0 spiro atoms. The van der Waals surface area contributed by atoms with E-state index < -0.39 is 16.2 Å². The van der Waals surface area contributed by atoms with E-state index in [0.717, 1.165) is 0 Å². The minimum Gasteiger partial charge on any atom is -0.383 e. The fraction of sp³-hybridized carbons (Fsp3) is 0.300. The first-order chi connectivity index (χ1) is 7.84. The van der Waals surface area contributed by atoms with Crippen molar-refractivity contribution in [2.45, 2.75) is 0 Å². The second kappa shape index (κ2) is 5.13. The minimum atomic E-state index is -0.664. The lowest BCUT2D eigenvalue weighted by Crippen LogP contribution is -2.21. The van der Waals surface area contributed by atoms with Crippen LogP contribution < -0.4 is 5.56 Å². The Morgan fingerprint density at radius 3 is 2.59 bits per heavy atom. The van der Waals surface area contributed by atoms with E-state index in [4.69, 9.17) is 0 Å². The van der Waals surface area contributed by atoms with Gasteiger partial charge in [0, 0.05) is 31.8 Å². The number of rotatable bonds is 3. The van der Waals surface area contributed by atoms with Crippen LogP contribution in [-0.4, -0.2) is 28.5 Å². The predicted octanol–water partition coefficient (Wildman–Crippen LogP) is 1.59. The summed E-state index contributed by atoms with van der Waals surface area (Å²) < 4.78 is 1.68. The van der Waals surface area contributed by atoms with Gasteiger partial charge in [0.25, 0.3) is 0 Å². The molecule has 0 unspecified atom stereocenters. The Morgan fingerprint density at radius 2 is 2.12 bits per heavy atom. The fourth-order valence-corrected chi connectivity index (χ4v) is 1.88. The average Bonchev–Trinajstić information content (AvgIpc) is 2.20. The first-order valence-electron chi connectivity index (χ1n) is 4.72. The average molecular weight is 302 g/mol. The van der Waals surface area contributed by atoms with Crippen molar-refractivity contribution in [3.8, 4) is 0 Å². The molecule has 0 aliphatic rings. The standard InChI is InChI=1S/C10H12BrN3O3/c1-12(2)5-4-7-8(11)6-13(3)10(15)9(7)14(16)17/h4-6H,1-3H3/b5-4+. The zero-order valence-electron chi connectivity index (χ0n) is 9.68. The van der Waals surface area contributed by atoms with Gasteiger partial charge in [0.1, 0.15) is 0 Å². The molecule has 1 heterocycles. The van der Waals surface area contributed by atoms with Crippen molar-refractivity contribution in [2.75, 3.05) is 14.1 Å². The van der Waals surface area contributed by atoms with Gasteiger partial charge in [-0.05, 0) is 28.2 Å². The molecule has 0 saturated carbocycles. The second-order valence-corrected chi connectivity index (χ2v) is 4.55. The summed E-state index contributed by atoms with van der Waals surface area (Å²) in [5.41, 5.74) is -0.789. The third-order valence-electron chi connectivity index (χ3n) is 2.06. The van der Waals surface area contributed by atoms with Crippen LogP contribution in [0.4, 0.5) is 5.69 Å². The van der Waals surface area contributed by atoms with E-state index in [9.17, 15) is 14.9 Å². The van der Waals surface area contributed by atoms with E-state index in [0.29, 0.717) is 4.47 Å².